The summed E-state index contributed by atoms with van der Waals surface area (Å²) < 4.78 is 0.866. The highest BCUT2D eigenvalue weighted by atomic mass is 79.9. The molecule has 1 unspecified atom stereocenters. The second-order valence-electron chi connectivity index (χ2n) is 10.6. The number of carbonyl (C=O) groups excluding carboxylic acids is 2. The van der Waals surface area contributed by atoms with Gasteiger partial charge in [-0.15, -0.1) is 11.3 Å². The summed E-state index contributed by atoms with van der Waals surface area (Å²) in [5, 5.41) is 2.13. The Hall–Kier alpha value is -2.44. The van der Waals surface area contributed by atoms with Gasteiger partial charge >= 0.3 is 0 Å². The van der Waals surface area contributed by atoms with Gasteiger partial charge in [0.15, 0.2) is 0 Å². The highest BCUT2D eigenvalue weighted by molar-refractivity contribution is 9.10. The van der Waals surface area contributed by atoms with E-state index >= 15 is 0 Å². The van der Waals surface area contributed by atoms with Crippen molar-refractivity contribution in [1.82, 2.24) is 9.80 Å². The Morgan fingerprint density at radius 3 is 2.49 bits per heavy atom. The molecule has 6 heteroatoms. The van der Waals surface area contributed by atoms with Crippen LogP contribution in [0.4, 0.5) is 0 Å². The van der Waals surface area contributed by atoms with E-state index in [9.17, 15) is 9.59 Å². The van der Waals surface area contributed by atoms with Crippen LogP contribution < -0.4 is 0 Å². The molecule has 0 saturated heterocycles. The third kappa shape index (κ3) is 5.10. The fraction of sp³-hybridized carbons (Fsp3) is 0.379. The summed E-state index contributed by atoms with van der Waals surface area (Å²) in [5.74, 6) is -0.0524. The van der Waals surface area contributed by atoms with Crippen molar-refractivity contribution in [3.8, 4) is 0 Å². The minimum absolute atomic E-state index is 0.0157. The molecule has 1 aliphatic carbocycles. The maximum Gasteiger partial charge on any atom is 0.254 e. The van der Waals surface area contributed by atoms with Crippen LogP contribution in [0, 0.1) is 0 Å². The number of thiophene rings is 1. The molecule has 1 aliphatic heterocycles. The first-order valence-corrected chi connectivity index (χ1v) is 13.9. The van der Waals surface area contributed by atoms with Gasteiger partial charge in [0.25, 0.3) is 5.91 Å². The Bertz CT molecular complexity index is 1240. The lowest BCUT2D eigenvalue weighted by molar-refractivity contribution is -0.134. The summed E-state index contributed by atoms with van der Waals surface area (Å²) in [6.07, 6.45) is 2.77. The Morgan fingerprint density at radius 1 is 1.09 bits per heavy atom. The monoisotopic (exact) mass is 550 g/mol. The van der Waals surface area contributed by atoms with Crippen LogP contribution in [0.1, 0.15) is 71.6 Å². The van der Waals surface area contributed by atoms with Gasteiger partial charge in [-0.05, 0) is 71.0 Å². The van der Waals surface area contributed by atoms with Crippen LogP contribution in [-0.4, -0.2) is 40.7 Å². The van der Waals surface area contributed by atoms with Crippen molar-refractivity contribution in [2.75, 3.05) is 13.1 Å². The number of hydrogen-bond acceptors (Lipinski definition) is 3. The minimum Gasteiger partial charge on any atom is -0.330 e. The Kier molecular flexibility index (Phi) is 6.62. The molecule has 4 nitrogen and oxygen atoms in total. The maximum atomic E-state index is 13.8. The molecular weight excluding hydrogens is 520 g/mol. The second-order valence-corrected chi connectivity index (χ2v) is 12.5. The summed E-state index contributed by atoms with van der Waals surface area (Å²) in [6, 6.07) is 18.3. The van der Waals surface area contributed by atoms with E-state index in [2.05, 4.69) is 72.4 Å². The topological polar surface area (TPSA) is 40.6 Å². The first-order chi connectivity index (χ1) is 16.7. The van der Waals surface area contributed by atoms with Gasteiger partial charge < -0.3 is 9.80 Å². The smallest absolute Gasteiger partial charge is 0.254 e. The zero-order chi connectivity index (χ0) is 24.7. The predicted octanol–water partition coefficient (Wildman–Crippen LogP) is 6.59. The Labute approximate surface area is 220 Å². The third-order valence-corrected chi connectivity index (χ3v) is 8.49. The molecule has 0 bridgehead atoms. The average Bonchev–Trinajstić information content (AvgIpc) is 3.56. The zero-order valence-electron chi connectivity index (χ0n) is 20.5. The van der Waals surface area contributed by atoms with Gasteiger partial charge in [-0.2, -0.15) is 0 Å². The molecule has 2 aromatic carbocycles. The van der Waals surface area contributed by atoms with E-state index in [0.717, 1.165) is 29.3 Å². The van der Waals surface area contributed by atoms with E-state index in [-0.39, 0.29) is 35.9 Å². The zero-order valence-corrected chi connectivity index (χ0v) is 22.9. The molecule has 35 heavy (non-hydrogen) atoms. The van der Waals surface area contributed by atoms with Crippen molar-refractivity contribution in [2.24, 2.45) is 0 Å². The SMILES string of the molecule is CC(C)(C)c1ccc(C2c3ccsc3CCN2C(=O)CN(C(=O)c2cccc(Br)c2)C2CC2)cc1. The molecule has 2 heterocycles. The lowest BCUT2D eigenvalue weighted by Gasteiger charge is -2.38. The second kappa shape index (κ2) is 9.55. The number of hydrogen-bond donors (Lipinski definition) is 0. The maximum absolute atomic E-state index is 13.8. The molecule has 0 radical (unpaired) electrons. The number of nitrogens with zero attached hydrogens (tertiary/aromatic N) is 2. The van der Waals surface area contributed by atoms with E-state index in [0.29, 0.717) is 12.1 Å². The van der Waals surface area contributed by atoms with E-state index in [1.165, 1.54) is 16.0 Å². The molecule has 2 aliphatic rings. The largest absolute Gasteiger partial charge is 0.330 e. The van der Waals surface area contributed by atoms with Crippen molar-refractivity contribution in [2.45, 2.75) is 57.5 Å². The van der Waals surface area contributed by atoms with Crippen LogP contribution in [0.15, 0.2) is 64.5 Å². The fourth-order valence-electron chi connectivity index (χ4n) is 4.89. The predicted molar refractivity (Wildman–Crippen MR) is 145 cm³/mol. The molecule has 5 rings (SSSR count). The molecule has 1 saturated carbocycles. The van der Waals surface area contributed by atoms with Gasteiger partial charge in [-0.25, -0.2) is 0 Å². The summed E-state index contributed by atoms with van der Waals surface area (Å²) in [5.41, 5.74) is 4.31. The van der Waals surface area contributed by atoms with Crippen LogP contribution >= 0.6 is 27.3 Å². The molecule has 182 valence electrons. The number of rotatable bonds is 5. The van der Waals surface area contributed by atoms with Gasteiger partial charge in [0.2, 0.25) is 5.91 Å². The number of halogens is 1. The fourth-order valence-corrected chi connectivity index (χ4v) is 6.19. The first kappa shape index (κ1) is 24.3. The van der Waals surface area contributed by atoms with Gasteiger partial charge in [-0.3, -0.25) is 9.59 Å². The average molecular weight is 552 g/mol. The summed E-state index contributed by atoms with van der Waals surface area (Å²) >= 11 is 5.23. The van der Waals surface area contributed by atoms with Gasteiger partial charge in [0.05, 0.1) is 6.04 Å². The van der Waals surface area contributed by atoms with E-state index in [4.69, 9.17) is 0 Å². The van der Waals surface area contributed by atoms with Crippen LogP contribution in [0.5, 0.6) is 0 Å². The van der Waals surface area contributed by atoms with Crippen molar-refractivity contribution in [1.29, 1.82) is 0 Å². The first-order valence-electron chi connectivity index (χ1n) is 12.2. The van der Waals surface area contributed by atoms with Gasteiger partial charge in [-0.1, -0.05) is 67.0 Å². The standard InChI is InChI=1S/C29H31BrN2O2S/c1-29(2,3)21-9-7-19(8-10-21)27-24-14-16-35-25(24)13-15-31(27)26(33)18-32(23-11-12-23)28(34)20-5-4-6-22(30)17-20/h4-10,14,16-17,23,27H,11-13,15,18H2,1-3H3. The van der Waals surface area contributed by atoms with Crippen molar-refractivity contribution < 1.29 is 9.59 Å². The van der Waals surface area contributed by atoms with Crippen LogP contribution in [0.25, 0.3) is 0 Å². The Balaban J connectivity index is 1.43. The highest BCUT2D eigenvalue weighted by Crippen LogP contribution is 2.39. The van der Waals surface area contributed by atoms with Crippen molar-refractivity contribution in [3.63, 3.8) is 0 Å². The lowest BCUT2D eigenvalue weighted by atomic mass is 9.85. The van der Waals surface area contributed by atoms with Crippen LogP contribution in [-0.2, 0) is 16.6 Å². The van der Waals surface area contributed by atoms with E-state index in [1.807, 2.05) is 29.2 Å². The quantitative estimate of drug-likeness (QED) is 0.359. The van der Waals surface area contributed by atoms with Crippen LogP contribution in [0.2, 0.25) is 0 Å². The molecule has 1 aromatic heterocycles. The number of amides is 2. The summed E-state index contributed by atoms with van der Waals surface area (Å²) in [4.78, 5) is 32.3. The van der Waals surface area contributed by atoms with Crippen molar-refractivity contribution in [3.05, 3.63) is 91.6 Å². The van der Waals surface area contributed by atoms with Crippen LogP contribution in [0.3, 0.4) is 0 Å². The summed E-state index contributed by atoms with van der Waals surface area (Å²) in [7, 11) is 0. The molecular formula is C29H31BrN2O2S. The molecule has 3 aromatic rings. The van der Waals surface area contributed by atoms with Crippen molar-refractivity contribution >= 4 is 39.1 Å². The van der Waals surface area contributed by atoms with E-state index < -0.39 is 0 Å². The molecule has 1 fully saturated rings. The minimum atomic E-state index is -0.117. The molecule has 0 spiro atoms. The molecule has 1 atom stereocenters. The normalized spacial score (nSPS) is 17.7. The lowest BCUT2D eigenvalue weighted by Crippen LogP contribution is -2.47. The summed E-state index contributed by atoms with van der Waals surface area (Å²) in [6.45, 7) is 7.42. The van der Waals surface area contributed by atoms with Gasteiger partial charge in [0.1, 0.15) is 6.54 Å². The van der Waals surface area contributed by atoms with Gasteiger partial charge in [0, 0.05) is 27.5 Å². The number of carbonyl (C=O) groups is 2. The third-order valence-electron chi connectivity index (χ3n) is 7.00. The number of fused-ring (bicyclic) bond motifs is 1. The van der Waals surface area contributed by atoms with E-state index in [1.54, 1.807) is 16.2 Å². The molecule has 0 N–H and O–H groups in total. The number of benzene rings is 2. The highest BCUT2D eigenvalue weighted by Gasteiger charge is 2.38. The molecule has 2 amide bonds. The Morgan fingerprint density at radius 2 is 1.83 bits per heavy atom.